The Labute approximate surface area is 366 Å². The third-order valence-corrected chi connectivity index (χ3v) is 13.8. The van der Waals surface area contributed by atoms with E-state index in [1.165, 1.54) is 45.6 Å². The smallest absolute Gasteiger partial charge is 0.298 e. The molecule has 1 heterocycles. The number of methoxy groups -OCH3 is 3. The van der Waals surface area contributed by atoms with Crippen LogP contribution in [0.5, 0.6) is 28.7 Å². The monoisotopic (exact) mass is 956 g/mol. The molecule has 5 N–H and O–H groups in total. The molecule has 1 aromatic heterocycles. The summed E-state index contributed by atoms with van der Waals surface area (Å²) in [6.07, 6.45) is 0.723. The second-order valence-electron chi connectivity index (χ2n) is 13.9. The van der Waals surface area contributed by atoms with Crippen LogP contribution in [0.4, 0.5) is 17.1 Å². The van der Waals surface area contributed by atoms with Crippen LogP contribution < -0.4 is 29.0 Å². The molecule has 0 unspecified atom stereocenters. The molecule has 24 heteroatoms. The zero-order chi connectivity index (χ0) is 46.5. The molecule has 0 amide bonds. The molecule has 0 saturated heterocycles. The van der Waals surface area contributed by atoms with Crippen molar-refractivity contribution in [1.29, 1.82) is 0 Å². The number of nitrogens with one attached hydrogen (secondary N) is 2. The molecule has 0 aliphatic heterocycles. The van der Waals surface area contributed by atoms with Crippen LogP contribution in [-0.4, -0.2) is 90.2 Å². The summed E-state index contributed by atoms with van der Waals surface area (Å²) in [7, 11) is -15.2. The van der Waals surface area contributed by atoms with Crippen LogP contribution in [0.3, 0.4) is 0 Å². The second kappa shape index (κ2) is 16.9. The van der Waals surface area contributed by atoms with E-state index in [1.807, 2.05) is 0 Å². The number of fused-ring (bicyclic) bond motifs is 2. The van der Waals surface area contributed by atoms with Crippen molar-refractivity contribution in [2.75, 3.05) is 37.1 Å². The lowest BCUT2D eigenvalue weighted by Crippen LogP contribution is -2.18. The first-order chi connectivity index (χ1) is 30.1. The molecule has 20 nitrogen and oxygen atoms in total. The maximum atomic E-state index is 14.7. The maximum absolute atomic E-state index is 14.7. The standard InChI is InChI=1S/C40H36N4O16S4/c1-5-6-15-61(46,47)44-27-18-22(62(48,49)50)11-13-26(27)40-42-36-24-9-7-8-10-25(24)39(45)34-28(41-37-30(58-3)16-21(57-2)17-31(37)59-4)20-32(38(43-40)35(34)36)60-29-14-12-23(63(51,52)53)19-33(29)64(54,55)56/h7-14,16-20,41,44H,5-6,15H2,1-4H3,(H,48,49,50)(H,51,52,53)(H,54,55,56). The Balaban J connectivity index is 1.61. The van der Waals surface area contributed by atoms with Crippen LogP contribution in [-0.2, 0) is 40.4 Å². The summed E-state index contributed by atoms with van der Waals surface area (Å²) >= 11 is 0. The van der Waals surface area contributed by atoms with Gasteiger partial charge in [-0.3, -0.25) is 23.2 Å². The summed E-state index contributed by atoms with van der Waals surface area (Å²) in [4.78, 5) is 21.5. The van der Waals surface area contributed by atoms with Crippen molar-refractivity contribution in [3.05, 3.63) is 90.0 Å². The van der Waals surface area contributed by atoms with E-state index < -0.39 is 66.6 Å². The first-order valence-electron chi connectivity index (χ1n) is 18.6. The lowest BCUT2D eigenvalue weighted by Gasteiger charge is -2.25. The van der Waals surface area contributed by atoms with Crippen LogP contribution in [0.1, 0.15) is 35.7 Å². The summed E-state index contributed by atoms with van der Waals surface area (Å²) in [5.74, 6) is -1.64. The predicted molar refractivity (Wildman–Crippen MR) is 232 cm³/mol. The van der Waals surface area contributed by atoms with Gasteiger partial charge in [0.25, 0.3) is 30.4 Å². The fourth-order valence-corrected chi connectivity index (χ4v) is 9.87. The Morgan fingerprint density at radius 2 is 1.27 bits per heavy atom. The summed E-state index contributed by atoms with van der Waals surface area (Å²) in [6, 6.07) is 15.6. The van der Waals surface area contributed by atoms with Crippen molar-refractivity contribution in [3.8, 4) is 51.4 Å². The number of unbranched alkanes of at least 4 members (excludes halogenated alkanes) is 1. The van der Waals surface area contributed by atoms with Gasteiger partial charge in [0.2, 0.25) is 10.0 Å². The molecular weight excluding hydrogens is 921 g/mol. The van der Waals surface area contributed by atoms with Gasteiger partial charge in [-0.2, -0.15) is 25.3 Å². The zero-order valence-electron chi connectivity index (χ0n) is 33.8. The number of ether oxygens (including phenoxy) is 4. The number of benzene rings is 5. The van der Waals surface area contributed by atoms with Crippen molar-refractivity contribution in [2.45, 2.75) is 34.5 Å². The third kappa shape index (κ3) is 8.88. The molecule has 6 aromatic rings. The van der Waals surface area contributed by atoms with E-state index in [1.54, 1.807) is 25.1 Å². The summed E-state index contributed by atoms with van der Waals surface area (Å²) in [5, 5.41) is 3.13. The van der Waals surface area contributed by atoms with E-state index in [-0.39, 0.29) is 91.2 Å². The van der Waals surface area contributed by atoms with Crippen LogP contribution in [0.15, 0.2) is 93.5 Å². The molecule has 0 spiro atoms. The van der Waals surface area contributed by atoms with Gasteiger partial charge in [0, 0.05) is 40.3 Å². The first kappa shape index (κ1) is 45.6. The van der Waals surface area contributed by atoms with Gasteiger partial charge in [0.05, 0.1) is 59.5 Å². The van der Waals surface area contributed by atoms with E-state index >= 15 is 0 Å². The molecule has 0 fully saturated rings. The highest BCUT2D eigenvalue weighted by atomic mass is 32.2. The van der Waals surface area contributed by atoms with Gasteiger partial charge in [-0.15, -0.1) is 0 Å². The predicted octanol–water partition coefficient (Wildman–Crippen LogP) is 6.35. The highest BCUT2D eigenvalue weighted by molar-refractivity contribution is 7.92. The highest BCUT2D eigenvalue weighted by Gasteiger charge is 2.34. The number of aromatic nitrogens is 2. The Hall–Kier alpha value is -6.41. The molecule has 0 bridgehead atoms. The Morgan fingerprint density at radius 3 is 1.86 bits per heavy atom. The molecule has 0 radical (unpaired) electrons. The number of carbonyl (C=O) groups is 1. The second-order valence-corrected chi connectivity index (χ2v) is 20.0. The quantitative estimate of drug-likeness (QED) is 0.0659. The average molecular weight is 957 g/mol. The molecule has 7 rings (SSSR count). The van der Waals surface area contributed by atoms with Gasteiger partial charge in [-0.25, -0.2) is 18.4 Å². The van der Waals surface area contributed by atoms with E-state index in [0.29, 0.717) is 18.2 Å². The van der Waals surface area contributed by atoms with Gasteiger partial charge >= 0.3 is 0 Å². The van der Waals surface area contributed by atoms with Gasteiger partial charge in [0.15, 0.2) is 17.4 Å². The van der Waals surface area contributed by atoms with Gasteiger partial charge in [0.1, 0.15) is 39.1 Å². The Bertz CT molecular complexity index is 3360. The Kier molecular flexibility index (Phi) is 12.1. The number of anilines is 3. The van der Waals surface area contributed by atoms with Crippen LogP contribution >= 0.6 is 0 Å². The van der Waals surface area contributed by atoms with Crippen LogP contribution in [0.25, 0.3) is 33.5 Å². The molecular formula is C40H36N4O16S4. The summed E-state index contributed by atoms with van der Waals surface area (Å²) in [6.45, 7) is 1.76. The number of rotatable bonds is 16. The fourth-order valence-electron chi connectivity index (χ4n) is 6.86. The molecule has 1 aliphatic carbocycles. The SMILES string of the molecule is CCCCS(=O)(=O)Nc1cc(S(=O)(=O)O)ccc1-c1nc2c3c(c(Nc4c(OC)cc(OC)cc4OC)cc(Oc4ccc(S(=O)(=O)O)cc4S(=O)(=O)O)c3n1)C(=O)c1ccccc1-2. The highest BCUT2D eigenvalue weighted by Crippen LogP contribution is 2.49. The third-order valence-electron chi connectivity index (χ3n) is 9.84. The van der Waals surface area contributed by atoms with E-state index in [0.717, 1.165) is 30.3 Å². The van der Waals surface area contributed by atoms with Crippen LogP contribution in [0, 0.1) is 0 Å². The number of hydrogen-bond acceptors (Lipinski definition) is 16. The number of ketones is 1. The van der Waals surface area contributed by atoms with Crippen molar-refractivity contribution < 1.29 is 71.1 Å². The zero-order valence-corrected chi connectivity index (χ0v) is 37.1. The lowest BCUT2D eigenvalue weighted by molar-refractivity contribution is 0.104. The molecule has 0 atom stereocenters. The number of hydrogen-bond donors (Lipinski definition) is 5. The van der Waals surface area contributed by atoms with Gasteiger partial charge < -0.3 is 24.3 Å². The van der Waals surface area contributed by atoms with Gasteiger partial charge in [-0.1, -0.05) is 37.6 Å². The molecule has 64 heavy (non-hydrogen) atoms. The van der Waals surface area contributed by atoms with E-state index in [9.17, 15) is 52.1 Å². The fraction of sp³-hybridized carbons (Fsp3) is 0.175. The Morgan fingerprint density at radius 1 is 0.641 bits per heavy atom. The van der Waals surface area contributed by atoms with E-state index in [4.69, 9.17) is 28.9 Å². The van der Waals surface area contributed by atoms with Crippen molar-refractivity contribution in [2.24, 2.45) is 0 Å². The number of nitrogens with zero attached hydrogens (tertiary/aromatic N) is 2. The number of carbonyl (C=O) groups excluding carboxylic acids is 1. The topological polar surface area (TPSA) is 301 Å². The van der Waals surface area contributed by atoms with E-state index in [2.05, 4.69) is 10.0 Å². The lowest BCUT2D eigenvalue weighted by atomic mass is 9.85. The molecule has 5 aromatic carbocycles. The van der Waals surface area contributed by atoms with Crippen LogP contribution in [0.2, 0.25) is 0 Å². The largest absolute Gasteiger partial charge is 0.496 e. The van der Waals surface area contributed by atoms with Gasteiger partial charge in [-0.05, 0) is 42.8 Å². The van der Waals surface area contributed by atoms with Crippen molar-refractivity contribution in [1.82, 2.24) is 9.97 Å². The minimum Gasteiger partial charge on any atom is -0.496 e. The average Bonchev–Trinajstić information content (AvgIpc) is 3.24. The minimum atomic E-state index is -5.31. The first-order valence-corrected chi connectivity index (χ1v) is 24.5. The normalized spacial score (nSPS) is 12.7. The number of sulfonamides is 1. The minimum absolute atomic E-state index is 0.0125. The maximum Gasteiger partial charge on any atom is 0.298 e. The molecule has 0 saturated carbocycles. The van der Waals surface area contributed by atoms with Crippen molar-refractivity contribution in [3.63, 3.8) is 0 Å². The summed E-state index contributed by atoms with van der Waals surface area (Å²) in [5.41, 5.74) is -0.250. The molecule has 336 valence electrons. The molecule has 1 aliphatic rings. The van der Waals surface area contributed by atoms with Crippen molar-refractivity contribution >= 4 is 74.1 Å². The summed E-state index contributed by atoms with van der Waals surface area (Å²) < 4.78 is 156.